The van der Waals surface area contributed by atoms with Gasteiger partial charge in [0.15, 0.2) is 0 Å². The lowest BCUT2D eigenvalue weighted by Gasteiger charge is -2.03. The van der Waals surface area contributed by atoms with E-state index in [1.54, 1.807) is 18.2 Å². The quantitative estimate of drug-likeness (QED) is 0.779. The van der Waals surface area contributed by atoms with Crippen molar-refractivity contribution in [2.24, 2.45) is 0 Å². The Kier molecular flexibility index (Phi) is 3.85. The molecule has 0 atom stereocenters. The molecule has 0 heterocycles. The molecular formula is C11H13NO3. The van der Waals surface area contributed by atoms with Crippen molar-refractivity contribution in [1.82, 2.24) is 5.32 Å². The minimum atomic E-state index is -0.917. The summed E-state index contributed by atoms with van der Waals surface area (Å²) in [5.74, 6) is -1.15. The number of hydrogen-bond acceptors (Lipinski definition) is 2. The van der Waals surface area contributed by atoms with E-state index in [2.05, 4.69) is 5.32 Å². The first-order chi connectivity index (χ1) is 7.09. The molecule has 1 amide bonds. The predicted octanol–water partition coefficient (Wildman–Crippen LogP) is 1.20. The summed E-state index contributed by atoms with van der Waals surface area (Å²) in [7, 11) is 0. The summed E-state index contributed by atoms with van der Waals surface area (Å²) in [6.45, 7) is 2.05. The van der Waals surface area contributed by atoms with Gasteiger partial charge in [-0.15, -0.1) is 0 Å². The minimum Gasteiger partial charge on any atom is -0.481 e. The second-order valence-corrected chi connectivity index (χ2v) is 3.27. The van der Waals surface area contributed by atoms with Crippen molar-refractivity contribution in [1.29, 1.82) is 0 Å². The van der Waals surface area contributed by atoms with Crippen LogP contribution in [0.25, 0.3) is 0 Å². The van der Waals surface area contributed by atoms with Crippen molar-refractivity contribution in [2.45, 2.75) is 13.3 Å². The molecule has 0 saturated carbocycles. The molecule has 0 aliphatic heterocycles. The number of nitrogens with one attached hydrogen (secondary N) is 1. The molecule has 4 heteroatoms. The van der Waals surface area contributed by atoms with Gasteiger partial charge in [-0.05, 0) is 19.1 Å². The molecule has 2 N–H and O–H groups in total. The highest BCUT2D eigenvalue weighted by Crippen LogP contribution is 2.03. The van der Waals surface area contributed by atoms with Gasteiger partial charge in [0, 0.05) is 12.1 Å². The Bertz CT molecular complexity index is 374. The zero-order chi connectivity index (χ0) is 11.3. The second kappa shape index (κ2) is 5.14. The van der Waals surface area contributed by atoms with Crippen LogP contribution in [-0.2, 0) is 4.79 Å². The zero-order valence-corrected chi connectivity index (χ0v) is 8.49. The Hall–Kier alpha value is -1.84. The van der Waals surface area contributed by atoms with Crippen molar-refractivity contribution in [3.05, 3.63) is 35.4 Å². The molecular weight excluding hydrogens is 194 g/mol. The highest BCUT2D eigenvalue weighted by molar-refractivity contribution is 5.94. The first kappa shape index (κ1) is 11.2. The van der Waals surface area contributed by atoms with E-state index >= 15 is 0 Å². The van der Waals surface area contributed by atoms with Crippen LogP contribution in [0.4, 0.5) is 0 Å². The Balaban J connectivity index is 2.50. The molecule has 1 aromatic carbocycles. The molecule has 0 aliphatic rings. The Morgan fingerprint density at radius 1 is 1.40 bits per heavy atom. The van der Waals surface area contributed by atoms with E-state index in [1.165, 1.54) is 0 Å². The van der Waals surface area contributed by atoms with Crippen molar-refractivity contribution in [3.63, 3.8) is 0 Å². The van der Waals surface area contributed by atoms with Gasteiger partial charge in [-0.25, -0.2) is 0 Å². The predicted molar refractivity (Wildman–Crippen MR) is 55.8 cm³/mol. The zero-order valence-electron chi connectivity index (χ0n) is 8.49. The number of carboxylic acid groups (broad SMARTS) is 1. The molecule has 15 heavy (non-hydrogen) atoms. The number of aliphatic carboxylic acids is 1. The number of carbonyl (C=O) groups excluding carboxylic acids is 1. The summed E-state index contributed by atoms with van der Waals surface area (Å²) >= 11 is 0. The van der Waals surface area contributed by atoms with E-state index < -0.39 is 5.97 Å². The average molecular weight is 207 g/mol. The molecule has 0 fully saturated rings. The van der Waals surface area contributed by atoms with Crippen molar-refractivity contribution in [3.8, 4) is 0 Å². The smallest absolute Gasteiger partial charge is 0.305 e. The second-order valence-electron chi connectivity index (χ2n) is 3.27. The number of rotatable bonds is 4. The van der Waals surface area contributed by atoms with E-state index in [1.807, 2.05) is 13.0 Å². The van der Waals surface area contributed by atoms with Crippen molar-refractivity contribution < 1.29 is 14.7 Å². The third-order valence-electron chi connectivity index (χ3n) is 1.90. The van der Waals surface area contributed by atoms with Crippen LogP contribution in [0.3, 0.4) is 0 Å². The van der Waals surface area contributed by atoms with Crippen LogP contribution in [0.15, 0.2) is 24.3 Å². The van der Waals surface area contributed by atoms with E-state index in [-0.39, 0.29) is 18.9 Å². The number of amides is 1. The van der Waals surface area contributed by atoms with E-state index in [0.717, 1.165) is 5.56 Å². The molecule has 80 valence electrons. The van der Waals surface area contributed by atoms with Gasteiger partial charge in [0.2, 0.25) is 0 Å². The number of hydrogen-bond donors (Lipinski definition) is 2. The van der Waals surface area contributed by atoms with Crippen molar-refractivity contribution >= 4 is 11.9 Å². The van der Waals surface area contributed by atoms with Gasteiger partial charge >= 0.3 is 5.97 Å². The first-order valence-electron chi connectivity index (χ1n) is 4.66. The molecule has 1 aromatic rings. The minimum absolute atomic E-state index is 0.0580. The van der Waals surface area contributed by atoms with E-state index in [9.17, 15) is 9.59 Å². The highest BCUT2D eigenvalue weighted by Gasteiger charge is 2.05. The summed E-state index contributed by atoms with van der Waals surface area (Å²) in [4.78, 5) is 21.7. The summed E-state index contributed by atoms with van der Waals surface area (Å²) in [6, 6.07) is 7.15. The van der Waals surface area contributed by atoms with Gasteiger partial charge in [0.1, 0.15) is 0 Å². The lowest BCUT2D eigenvalue weighted by Crippen LogP contribution is -2.25. The van der Waals surface area contributed by atoms with Crippen LogP contribution in [-0.4, -0.2) is 23.5 Å². The molecule has 0 spiro atoms. The van der Waals surface area contributed by atoms with Crippen LogP contribution in [0.1, 0.15) is 22.3 Å². The van der Waals surface area contributed by atoms with Crippen LogP contribution in [0.2, 0.25) is 0 Å². The molecule has 1 rings (SSSR count). The summed E-state index contributed by atoms with van der Waals surface area (Å²) in [6.07, 6.45) is -0.0580. The summed E-state index contributed by atoms with van der Waals surface area (Å²) < 4.78 is 0. The molecule has 0 radical (unpaired) electrons. The lowest BCUT2D eigenvalue weighted by molar-refractivity contribution is -0.136. The Morgan fingerprint density at radius 2 is 2.13 bits per heavy atom. The molecule has 0 bridgehead atoms. The van der Waals surface area contributed by atoms with Gasteiger partial charge in [-0.1, -0.05) is 17.7 Å². The monoisotopic (exact) mass is 207 g/mol. The molecule has 0 aliphatic carbocycles. The first-order valence-corrected chi connectivity index (χ1v) is 4.66. The van der Waals surface area contributed by atoms with E-state index in [4.69, 9.17) is 5.11 Å². The van der Waals surface area contributed by atoms with Crippen LogP contribution < -0.4 is 5.32 Å². The number of benzene rings is 1. The normalized spacial score (nSPS) is 9.67. The molecule has 4 nitrogen and oxygen atoms in total. The number of carboxylic acids is 1. The standard InChI is InChI=1S/C11H13NO3/c1-8-3-2-4-9(7-8)11(15)12-6-5-10(13)14/h2-4,7H,5-6H2,1H3,(H,12,15)(H,13,14). The lowest BCUT2D eigenvalue weighted by atomic mass is 10.1. The highest BCUT2D eigenvalue weighted by atomic mass is 16.4. The summed E-state index contributed by atoms with van der Waals surface area (Å²) in [5, 5.41) is 10.9. The maximum atomic E-state index is 11.5. The van der Waals surface area contributed by atoms with Crippen molar-refractivity contribution in [2.75, 3.05) is 6.54 Å². The fraction of sp³-hybridized carbons (Fsp3) is 0.273. The Labute approximate surface area is 87.9 Å². The molecule has 0 unspecified atom stereocenters. The van der Waals surface area contributed by atoms with Gasteiger partial charge in [0.05, 0.1) is 6.42 Å². The van der Waals surface area contributed by atoms with E-state index in [0.29, 0.717) is 5.56 Å². The third kappa shape index (κ3) is 3.81. The topological polar surface area (TPSA) is 66.4 Å². The van der Waals surface area contributed by atoms with Gasteiger partial charge in [0.25, 0.3) is 5.91 Å². The van der Waals surface area contributed by atoms with Gasteiger partial charge in [-0.2, -0.15) is 0 Å². The average Bonchev–Trinajstić information content (AvgIpc) is 2.17. The van der Waals surface area contributed by atoms with Crippen LogP contribution in [0.5, 0.6) is 0 Å². The van der Waals surface area contributed by atoms with Crippen LogP contribution in [0, 0.1) is 6.92 Å². The maximum absolute atomic E-state index is 11.5. The molecule has 0 saturated heterocycles. The van der Waals surface area contributed by atoms with Crippen LogP contribution >= 0.6 is 0 Å². The number of aryl methyl sites for hydroxylation is 1. The SMILES string of the molecule is Cc1cccc(C(=O)NCCC(=O)O)c1. The number of carbonyl (C=O) groups is 2. The fourth-order valence-electron chi connectivity index (χ4n) is 1.17. The summed E-state index contributed by atoms with van der Waals surface area (Å²) in [5.41, 5.74) is 1.56. The third-order valence-corrected chi connectivity index (χ3v) is 1.90. The fourth-order valence-corrected chi connectivity index (χ4v) is 1.17. The Morgan fingerprint density at radius 3 is 2.73 bits per heavy atom. The molecule has 0 aromatic heterocycles. The maximum Gasteiger partial charge on any atom is 0.305 e. The largest absolute Gasteiger partial charge is 0.481 e. The van der Waals surface area contributed by atoms with Gasteiger partial charge < -0.3 is 10.4 Å². The van der Waals surface area contributed by atoms with Gasteiger partial charge in [-0.3, -0.25) is 9.59 Å².